The molecule has 0 N–H and O–H groups in total. The molecular formula is C25H33N5O. The van der Waals surface area contributed by atoms with Gasteiger partial charge in [0.05, 0.1) is 17.1 Å². The molecule has 3 aliphatic rings. The predicted octanol–water partition coefficient (Wildman–Crippen LogP) is 3.99. The second kappa shape index (κ2) is 7.59. The number of hydrogen-bond acceptors (Lipinski definition) is 4. The van der Waals surface area contributed by atoms with Crippen molar-refractivity contribution < 1.29 is 4.79 Å². The zero-order chi connectivity index (χ0) is 21.6. The Morgan fingerprint density at radius 2 is 1.81 bits per heavy atom. The number of fused-ring (bicyclic) bond motifs is 1. The first-order chi connectivity index (χ1) is 14.9. The summed E-state index contributed by atoms with van der Waals surface area (Å²) in [6, 6.07) is 10.4. The summed E-state index contributed by atoms with van der Waals surface area (Å²) in [5.41, 5.74) is 4.37. The van der Waals surface area contributed by atoms with Crippen LogP contribution in [0.2, 0.25) is 0 Å². The maximum absolute atomic E-state index is 13.5. The van der Waals surface area contributed by atoms with Crippen LogP contribution in [0.5, 0.6) is 0 Å². The van der Waals surface area contributed by atoms with Crippen LogP contribution in [0.4, 0.5) is 10.5 Å². The van der Waals surface area contributed by atoms with E-state index in [0.717, 1.165) is 74.8 Å². The molecule has 2 saturated heterocycles. The van der Waals surface area contributed by atoms with E-state index in [9.17, 15) is 4.79 Å². The van der Waals surface area contributed by atoms with E-state index in [2.05, 4.69) is 46.8 Å². The van der Waals surface area contributed by atoms with Gasteiger partial charge in [-0.3, -0.25) is 19.8 Å². The van der Waals surface area contributed by atoms with E-state index in [1.165, 1.54) is 0 Å². The van der Waals surface area contributed by atoms with E-state index in [1.807, 2.05) is 30.2 Å². The highest BCUT2D eigenvalue weighted by Crippen LogP contribution is 2.43. The van der Waals surface area contributed by atoms with Crippen LogP contribution in [0, 0.1) is 12.3 Å². The highest BCUT2D eigenvalue weighted by Gasteiger charge is 2.46. The number of aryl methyl sites for hydroxylation is 1. The molecule has 5 rings (SSSR count). The molecule has 2 aromatic rings. The number of pyridine rings is 2. The van der Waals surface area contributed by atoms with Gasteiger partial charge < -0.3 is 4.90 Å². The van der Waals surface area contributed by atoms with Gasteiger partial charge in [-0.15, -0.1) is 0 Å². The molecular weight excluding hydrogens is 386 g/mol. The van der Waals surface area contributed by atoms with Gasteiger partial charge in [0.1, 0.15) is 0 Å². The Morgan fingerprint density at radius 1 is 1.03 bits per heavy atom. The molecule has 0 aromatic carbocycles. The van der Waals surface area contributed by atoms with E-state index >= 15 is 0 Å². The Bertz CT molecular complexity index is 965. The molecule has 3 aliphatic heterocycles. The number of piperidine rings is 1. The lowest BCUT2D eigenvalue weighted by Crippen LogP contribution is -2.46. The Labute approximate surface area is 185 Å². The normalized spacial score (nSPS) is 22.2. The molecule has 31 heavy (non-hydrogen) atoms. The lowest BCUT2D eigenvalue weighted by atomic mass is 9.78. The minimum atomic E-state index is -0.106. The van der Waals surface area contributed by atoms with Gasteiger partial charge >= 0.3 is 6.03 Å². The van der Waals surface area contributed by atoms with E-state index in [0.29, 0.717) is 6.54 Å². The largest absolute Gasteiger partial charge is 0.324 e. The fraction of sp³-hybridized carbons (Fsp3) is 0.560. The first-order valence-corrected chi connectivity index (χ1v) is 11.5. The van der Waals surface area contributed by atoms with Gasteiger partial charge in [-0.2, -0.15) is 0 Å². The molecule has 2 aromatic heterocycles. The summed E-state index contributed by atoms with van der Waals surface area (Å²) in [5, 5.41) is 0. The third-order valence-corrected chi connectivity index (χ3v) is 7.47. The number of likely N-dealkylation sites (tertiary alicyclic amines) is 2. The summed E-state index contributed by atoms with van der Waals surface area (Å²) in [4.78, 5) is 29.3. The van der Waals surface area contributed by atoms with Crippen molar-refractivity contribution in [3.05, 3.63) is 53.6 Å². The van der Waals surface area contributed by atoms with E-state index in [1.54, 1.807) is 0 Å². The van der Waals surface area contributed by atoms with Crippen LogP contribution in [0.15, 0.2) is 36.5 Å². The van der Waals surface area contributed by atoms with Crippen LogP contribution >= 0.6 is 0 Å². The molecule has 0 unspecified atom stereocenters. The van der Waals surface area contributed by atoms with Gasteiger partial charge in [-0.1, -0.05) is 19.9 Å². The van der Waals surface area contributed by atoms with Crippen LogP contribution in [-0.4, -0.2) is 58.5 Å². The SMILES string of the molecule is Cc1ccc2c(n1)C(C)(C)CN2C(=O)N1CCC2(CCN(Cc3ccccn3)CC2)C1. The summed E-state index contributed by atoms with van der Waals surface area (Å²) < 4.78 is 0. The van der Waals surface area contributed by atoms with Crippen LogP contribution in [0.3, 0.4) is 0 Å². The van der Waals surface area contributed by atoms with Crippen molar-refractivity contribution in [2.24, 2.45) is 5.41 Å². The molecule has 164 valence electrons. The Balaban J connectivity index is 1.23. The number of anilines is 1. The fourth-order valence-corrected chi connectivity index (χ4v) is 5.57. The second-order valence-corrected chi connectivity index (χ2v) is 10.3. The van der Waals surface area contributed by atoms with Gasteiger partial charge in [0.25, 0.3) is 0 Å². The van der Waals surface area contributed by atoms with E-state index in [4.69, 9.17) is 4.98 Å². The molecule has 0 bridgehead atoms. The quantitative estimate of drug-likeness (QED) is 0.739. The van der Waals surface area contributed by atoms with Crippen LogP contribution in [-0.2, 0) is 12.0 Å². The molecule has 2 amide bonds. The highest BCUT2D eigenvalue weighted by molar-refractivity contribution is 5.95. The maximum Gasteiger partial charge on any atom is 0.324 e. The van der Waals surface area contributed by atoms with Crippen molar-refractivity contribution in [2.75, 3.05) is 37.6 Å². The Kier molecular flexibility index (Phi) is 5.00. The third-order valence-electron chi connectivity index (χ3n) is 7.47. The van der Waals surface area contributed by atoms with E-state index in [-0.39, 0.29) is 16.9 Å². The average Bonchev–Trinajstić information content (AvgIpc) is 3.29. The molecule has 6 nitrogen and oxygen atoms in total. The number of carbonyl (C=O) groups is 1. The Morgan fingerprint density at radius 3 is 2.55 bits per heavy atom. The Hall–Kier alpha value is -2.47. The number of rotatable bonds is 2. The maximum atomic E-state index is 13.5. The standard InChI is InChI=1S/C25H33N5O/c1-19-7-8-21-22(27-19)24(2,3)17-30(21)23(31)29-15-11-25(18-29)9-13-28(14-10-25)16-20-6-4-5-12-26-20/h4-8,12H,9-11,13-18H2,1-3H3. The number of urea groups is 1. The van der Waals surface area contributed by atoms with Crippen molar-refractivity contribution in [3.8, 4) is 0 Å². The highest BCUT2D eigenvalue weighted by atomic mass is 16.2. The number of aromatic nitrogens is 2. The second-order valence-electron chi connectivity index (χ2n) is 10.3. The van der Waals surface area contributed by atoms with Gasteiger partial charge in [-0.05, 0) is 69.0 Å². The minimum absolute atomic E-state index is 0.106. The number of nitrogens with zero attached hydrogens (tertiary/aromatic N) is 5. The van der Waals surface area contributed by atoms with Crippen LogP contribution < -0.4 is 4.90 Å². The lowest BCUT2D eigenvalue weighted by molar-refractivity contribution is 0.104. The first-order valence-electron chi connectivity index (χ1n) is 11.5. The smallest absolute Gasteiger partial charge is 0.324 e. The van der Waals surface area contributed by atoms with Crippen LogP contribution in [0.25, 0.3) is 0 Å². The molecule has 0 atom stereocenters. The summed E-state index contributed by atoms with van der Waals surface area (Å²) in [6.07, 6.45) is 5.31. The summed E-state index contributed by atoms with van der Waals surface area (Å²) >= 11 is 0. The lowest BCUT2D eigenvalue weighted by Gasteiger charge is -2.39. The first kappa shape index (κ1) is 20.4. The molecule has 0 radical (unpaired) electrons. The minimum Gasteiger partial charge on any atom is -0.324 e. The van der Waals surface area contributed by atoms with Crippen molar-refractivity contribution in [2.45, 2.75) is 52.0 Å². The summed E-state index contributed by atoms with van der Waals surface area (Å²) in [7, 11) is 0. The van der Waals surface area contributed by atoms with Gasteiger partial charge in [0, 0.05) is 43.5 Å². The molecule has 5 heterocycles. The van der Waals surface area contributed by atoms with Crippen LogP contribution in [0.1, 0.15) is 50.2 Å². The summed E-state index contributed by atoms with van der Waals surface area (Å²) in [5.74, 6) is 0. The van der Waals surface area contributed by atoms with E-state index < -0.39 is 0 Å². The number of amides is 2. The molecule has 6 heteroatoms. The number of hydrogen-bond donors (Lipinski definition) is 0. The third kappa shape index (κ3) is 3.82. The van der Waals surface area contributed by atoms with Crippen molar-refractivity contribution in [3.63, 3.8) is 0 Å². The van der Waals surface area contributed by atoms with Gasteiger partial charge in [0.2, 0.25) is 0 Å². The zero-order valence-corrected chi connectivity index (χ0v) is 19.0. The average molecular weight is 420 g/mol. The van der Waals surface area contributed by atoms with Gasteiger partial charge in [-0.25, -0.2) is 4.79 Å². The molecule has 1 spiro atoms. The number of carbonyl (C=O) groups excluding carboxylic acids is 1. The van der Waals surface area contributed by atoms with Crippen molar-refractivity contribution >= 4 is 11.7 Å². The zero-order valence-electron chi connectivity index (χ0n) is 19.0. The van der Waals surface area contributed by atoms with Crippen molar-refractivity contribution in [1.82, 2.24) is 19.8 Å². The topological polar surface area (TPSA) is 52.6 Å². The fourth-order valence-electron chi connectivity index (χ4n) is 5.57. The molecule has 0 saturated carbocycles. The molecule has 2 fully saturated rings. The van der Waals surface area contributed by atoms with Gasteiger partial charge in [0.15, 0.2) is 0 Å². The predicted molar refractivity (Wildman–Crippen MR) is 122 cm³/mol. The molecule has 0 aliphatic carbocycles. The monoisotopic (exact) mass is 419 g/mol. The summed E-state index contributed by atoms with van der Waals surface area (Å²) in [6.45, 7) is 11.9. The van der Waals surface area contributed by atoms with Crippen molar-refractivity contribution in [1.29, 1.82) is 0 Å².